The van der Waals surface area contributed by atoms with E-state index in [-0.39, 0.29) is 30.7 Å². The van der Waals surface area contributed by atoms with Gasteiger partial charge in [0.15, 0.2) is 0 Å². The average Bonchev–Trinajstić information content (AvgIpc) is 3.37. The summed E-state index contributed by atoms with van der Waals surface area (Å²) in [5.41, 5.74) is 3.82. The van der Waals surface area contributed by atoms with E-state index in [1.807, 2.05) is 53.3 Å². The van der Waals surface area contributed by atoms with Gasteiger partial charge in [0.25, 0.3) is 0 Å². The second-order valence-corrected chi connectivity index (χ2v) is 6.79. The molecule has 0 aliphatic carbocycles. The number of nitrogens with zero attached hydrogens (tertiary/aromatic N) is 3. The van der Waals surface area contributed by atoms with Gasteiger partial charge in [-0.25, -0.2) is 4.68 Å². The molecular formula is C21H25Cl2N5O. The third kappa shape index (κ3) is 5.79. The zero-order valence-electron chi connectivity index (χ0n) is 16.0. The van der Waals surface area contributed by atoms with Crippen LogP contribution >= 0.6 is 24.8 Å². The molecule has 0 bridgehead atoms. The zero-order chi connectivity index (χ0) is 18.5. The Labute approximate surface area is 182 Å². The van der Waals surface area contributed by atoms with Gasteiger partial charge < -0.3 is 10.6 Å². The van der Waals surface area contributed by atoms with Crippen LogP contribution in [0.5, 0.6) is 0 Å². The molecule has 0 spiro atoms. The Morgan fingerprint density at radius 1 is 1.14 bits per heavy atom. The summed E-state index contributed by atoms with van der Waals surface area (Å²) in [7, 11) is 0. The maximum atomic E-state index is 12.3. The Morgan fingerprint density at radius 2 is 1.90 bits per heavy atom. The third-order valence-corrected chi connectivity index (χ3v) is 4.83. The largest absolute Gasteiger partial charge is 0.352 e. The van der Waals surface area contributed by atoms with E-state index < -0.39 is 0 Å². The molecule has 1 unspecified atom stereocenters. The lowest BCUT2D eigenvalue weighted by Gasteiger charge is -2.10. The minimum atomic E-state index is 0. The van der Waals surface area contributed by atoms with Gasteiger partial charge in [0.05, 0.1) is 11.4 Å². The summed E-state index contributed by atoms with van der Waals surface area (Å²) >= 11 is 0. The lowest BCUT2D eigenvalue weighted by Crippen LogP contribution is -2.31. The van der Waals surface area contributed by atoms with Crippen molar-refractivity contribution in [3.05, 3.63) is 66.6 Å². The first-order chi connectivity index (χ1) is 13.3. The normalized spacial score (nSPS) is 15.2. The molecule has 3 aromatic rings. The van der Waals surface area contributed by atoms with Crippen LogP contribution in [0.15, 0.2) is 61.1 Å². The summed E-state index contributed by atoms with van der Waals surface area (Å²) in [5, 5.41) is 11.2. The van der Waals surface area contributed by atoms with Crippen molar-refractivity contribution in [2.45, 2.75) is 31.8 Å². The lowest BCUT2D eigenvalue weighted by molar-refractivity contribution is -0.121. The number of carbonyl (C=O) groups is 1. The highest BCUT2D eigenvalue weighted by atomic mass is 35.5. The average molecular weight is 434 g/mol. The predicted molar refractivity (Wildman–Crippen MR) is 119 cm³/mol. The summed E-state index contributed by atoms with van der Waals surface area (Å²) in [4.78, 5) is 16.4. The number of carbonyl (C=O) groups excluding carboxylic acids is 1. The van der Waals surface area contributed by atoms with Crippen LogP contribution in [-0.4, -0.2) is 33.3 Å². The van der Waals surface area contributed by atoms with Crippen molar-refractivity contribution in [1.29, 1.82) is 0 Å². The van der Waals surface area contributed by atoms with Crippen molar-refractivity contribution < 1.29 is 4.79 Å². The van der Waals surface area contributed by atoms with Crippen LogP contribution in [0, 0.1) is 0 Å². The van der Waals surface area contributed by atoms with Crippen LogP contribution in [0.25, 0.3) is 16.9 Å². The Kier molecular flexibility index (Phi) is 8.64. The van der Waals surface area contributed by atoms with Crippen molar-refractivity contribution in [1.82, 2.24) is 25.4 Å². The van der Waals surface area contributed by atoms with E-state index >= 15 is 0 Å². The number of amides is 1. The van der Waals surface area contributed by atoms with E-state index in [2.05, 4.69) is 15.6 Å². The van der Waals surface area contributed by atoms with Crippen molar-refractivity contribution in [2.75, 3.05) is 6.54 Å². The Hall–Kier alpha value is -2.41. The van der Waals surface area contributed by atoms with Crippen molar-refractivity contribution in [3.8, 4) is 16.9 Å². The topological polar surface area (TPSA) is 71.8 Å². The van der Waals surface area contributed by atoms with Gasteiger partial charge in [0.2, 0.25) is 5.91 Å². The fourth-order valence-electron chi connectivity index (χ4n) is 3.43. The fourth-order valence-corrected chi connectivity index (χ4v) is 3.43. The summed E-state index contributed by atoms with van der Waals surface area (Å²) in [6.45, 7) is 1.46. The van der Waals surface area contributed by atoms with Crippen molar-refractivity contribution in [3.63, 3.8) is 0 Å². The first-order valence-corrected chi connectivity index (χ1v) is 9.34. The van der Waals surface area contributed by atoms with Gasteiger partial charge >= 0.3 is 0 Å². The molecule has 154 valence electrons. The van der Waals surface area contributed by atoms with Gasteiger partial charge in [-0.3, -0.25) is 9.78 Å². The van der Waals surface area contributed by atoms with Crippen LogP contribution in [-0.2, 0) is 11.3 Å². The quantitative estimate of drug-likeness (QED) is 0.623. The van der Waals surface area contributed by atoms with Crippen molar-refractivity contribution in [2.24, 2.45) is 0 Å². The lowest BCUT2D eigenvalue weighted by atomic mass is 10.1. The second-order valence-electron chi connectivity index (χ2n) is 6.79. The van der Waals surface area contributed by atoms with E-state index in [1.54, 1.807) is 12.4 Å². The first kappa shape index (κ1) is 22.9. The molecule has 0 saturated carbocycles. The number of halogens is 2. The predicted octanol–water partition coefficient (Wildman–Crippen LogP) is 3.54. The molecule has 1 aliphatic heterocycles. The van der Waals surface area contributed by atoms with Crippen LogP contribution in [0.3, 0.4) is 0 Å². The molecule has 1 aliphatic rings. The summed E-state index contributed by atoms with van der Waals surface area (Å²) in [6.07, 6.45) is 8.24. The standard InChI is InChI=1S/C21H23N5O.2ClH/c27-20(13-18-5-4-10-23-18)24-14-17-15-26(19-6-2-1-3-7-19)25-21(17)16-8-11-22-12-9-16;;/h1-3,6-9,11-12,15,18,23H,4-5,10,13-14H2,(H,24,27);2*1H. The van der Waals surface area contributed by atoms with Gasteiger partial charge in [-0.05, 0) is 43.7 Å². The summed E-state index contributed by atoms with van der Waals surface area (Å²) in [5.74, 6) is 0.0718. The Balaban J connectivity index is 0.00000150. The van der Waals surface area contributed by atoms with Gasteiger partial charge in [0.1, 0.15) is 0 Å². The number of para-hydroxylation sites is 1. The fraction of sp³-hybridized carbons (Fsp3) is 0.286. The molecule has 1 saturated heterocycles. The highest BCUT2D eigenvalue weighted by Gasteiger charge is 2.18. The maximum Gasteiger partial charge on any atom is 0.221 e. The highest BCUT2D eigenvalue weighted by Crippen LogP contribution is 2.23. The van der Waals surface area contributed by atoms with E-state index in [0.717, 1.165) is 41.9 Å². The summed E-state index contributed by atoms with van der Waals surface area (Å²) < 4.78 is 1.86. The first-order valence-electron chi connectivity index (χ1n) is 9.34. The number of nitrogens with one attached hydrogen (secondary N) is 2. The molecule has 1 amide bonds. The molecule has 1 fully saturated rings. The molecule has 1 atom stereocenters. The van der Waals surface area contributed by atoms with E-state index in [1.165, 1.54) is 0 Å². The Bertz CT molecular complexity index is 896. The smallest absolute Gasteiger partial charge is 0.221 e. The SMILES string of the molecule is Cl.Cl.O=C(CC1CCCN1)NCc1cn(-c2ccccc2)nc1-c1ccncc1. The number of aromatic nitrogens is 3. The van der Waals surface area contributed by atoms with Crippen LogP contribution in [0.4, 0.5) is 0 Å². The molecule has 2 N–H and O–H groups in total. The Morgan fingerprint density at radius 3 is 2.59 bits per heavy atom. The molecule has 6 nitrogen and oxygen atoms in total. The molecule has 3 heterocycles. The highest BCUT2D eigenvalue weighted by molar-refractivity contribution is 5.85. The monoisotopic (exact) mass is 433 g/mol. The number of hydrogen-bond donors (Lipinski definition) is 2. The van der Waals surface area contributed by atoms with Gasteiger partial charge in [0, 0.05) is 48.7 Å². The van der Waals surface area contributed by atoms with Crippen LogP contribution in [0.1, 0.15) is 24.8 Å². The molecule has 1 aromatic carbocycles. The minimum Gasteiger partial charge on any atom is -0.352 e. The third-order valence-electron chi connectivity index (χ3n) is 4.83. The molecule has 4 rings (SSSR count). The number of benzene rings is 1. The minimum absolute atomic E-state index is 0. The zero-order valence-corrected chi connectivity index (χ0v) is 17.6. The maximum absolute atomic E-state index is 12.3. The number of rotatable bonds is 6. The number of hydrogen-bond acceptors (Lipinski definition) is 4. The summed E-state index contributed by atoms with van der Waals surface area (Å²) in [6, 6.07) is 14.1. The van der Waals surface area contributed by atoms with E-state index in [9.17, 15) is 4.79 Å². The van der Waals surface area contributed by atoms with Crippen LogP contribution < -0.4 is 10.6 Å². The molecule has 8 heteroatoms. The molecule has 2 aromatic heterocycles. The molecule has 29 heavy (non-hydrogen) atoms. The van der Waals surface area contributed by atoms with Gasteiger partial charge in [-0.2, -0.15) is 5.10 Å². The van der Waals surface area contributed by atoms with E-state index in [0.29, 0.717) is 19.0 Å². The second kappa shape index (κ2) is 11.0. The molecular weight excluding hydrogens is 409 g/mol. The van der Waals surface area contributed by atoms with Gasteiger partial charge in [-0.15, -0.1) is 24.8 Å². The van der Waals surface area contributed by atoms with E-state index in [4.69, 9.17) is 5.10 Å². The van der Waals surface area contributed by atoms with Gasteiger partial charge in [-0.1, -0.05) is 18.2 Å². The molecule has 0 radical (unpaired) electrons. The number of pyridine rings is 1. The van der Waals surface area contributed by atoms with Crippen molar-refractivity contribution >= 4 is 30.7 Å². The van der Waals surface area contributed by atoms with Crippen LogP contribution in [0.2, 0.25) is 0 Å².